The van der Waals surface area contributed by atoms with Crippen LogP contribution in [-0.2, 0) is 5.41 Å². The lowest BCUT2D eigenvalue weighted by Crippen LogP contribution is -2.25. The molecule has 0 nitrogen and oxygen atoms in total. The maximum absolute atomic E-state index is 2.57. The molecule has 0 unspecified atom stereocenters. The Morgan fingerprint density at radius 1 is 0.383 bits per heavy atom. The van der Waals surface area contributed by atoms with Gasteiger partial charge >= 0.3 is 0 Å². The Balaban J connectivity index is 1.30. The van der Waals surface area contributed by atoms with Crippen molar-refractivity contribution < 1.29 is 0 Å². The molecule has 9 rings (SSSR count). The summed E-state index contributed by atoms with van der Waals surface area (Å²) in [6.45, 7) is 4.72. The van der Waals surface area contributed by atoms with Gasteiger partial charge in [-0.1, -0.05) is 148 Å². The van der Waals surface area contributed by atoms with Crippen LogP contribution < -0.4 is 0 Å². The molecule has 226 valence electrons. The first-order valence-electron chi connectivity index (χ1n) is 17.3. The average molecular weight is 603 g/mol. The van der Waals surface area contributed by atoms with Crippen molar-refractivity contribution in [1.29, 1.82) is 0 Å². The molecule has 0 aromatic heterocycles. The summed E-state index contributed by atoms with van der Waals surface area (Å²) in [5.41, 5.74) is 11.1. The smallest absolute Gasteiger partial charge is 0.0215 e. The Morgan fingerprint density at radius 3 is 1.06 bits per heavy atom. The van der Waals surface area contributed by atoms with Crippen molar-refractivity contribution in [3.05, 3.63) is 157 Å². The van der Waals surface area contributed by atoms with Crippen molar-refractivity contribution in [1.82, 2.24) is 0 Å². The summed E-state index contributed by atoms with van der Waals surface area (Å²) in [5, 5.41) is 10.5. The zero-order chi connectivity index (χ0) is 31.5. The summed E-state index contributed by atoms with van der Waals surface area (Å²) < 4.78 is 0. The normalized spacial score (nSPS) is 13.4. The molecule has 47 heavy (non-hydrogen) atoms. The zero-order valence-corrected chi connectivity index (χ0v) is 27.2. The van der Waals surface area contributed by atoms with Gasteiger partial charge in [-0.25, -0.2) is 0 Å². The minimum Gasteiger partial charge on any atom is -0.0653 e. The maximum Gasteiger partial charge on any atom is 0.0215 e. The summed E-state index contributed by atoms with van der Waals surface area (Å²) in [4.78, 5) is 0. The average Bonchev–Trinajstić information content (AvgIpc) is 3.37. The van der Waals surface area contributed by atoms with Gasteiger partial charge in [-0.05, 0) is 125 Å². The van der Waals surface area contributed by atoms with Crippen LogP contribution in [0, 0.1) is 0 Å². The Hall–Kier alpha value is -5.20. The highest BCUT2D eigenvalue weighted by Crippen LogP contribution is 2.56. The van der Waals surface area contributed by atoms with Crippen molar-refractivity contribution >= 4 is 43.1 Å². The first kappa shape index (κ1) is 28.1. The highest BCUT2D eigenvalue weighted by molar-refractivity contribution is 6.14. The molecule has 0 N–H and O–H groups in total. The molecular weight excluding hydrogens is 565 g/mol. The van der Waals surface area contributed by atoms with Gasteiger partial charge in [-0.15, -0.1) is 0 Å². The summed E-state index contributed by atoms with van der Waals surface area (Å²) >= 11 is 0. The third-order valence-electron chi connectivity index (χ3n) is 10.8. The lowest BCUT2D eigenvalue weighted by molar-refractivity contribution is 0.436. The highest BCUT2D eigenvalue weighted by atomic mass is 14.4. The van der Waals surface area contributed by atoms with E-state index in [2.05, 4.69) is 159 Å². The molecule has 0 atom stereocenters. The number of fused-ring (bicyclic) bond motifs is 7. The molecule has 0 amide bonds. The van der Waals surface area contributed by atoms with Gasteiger partial charge in [0.2, 0.25) is 0 Å². The minimum atomic E-state index is -0.0268. The standard InChI is InChI=1S/C47H38/c1-3-25-47(26-4-2)43-29-35(45-37-17-9-5-13-31(37)27-32-14-6-10-18-38(32)45)21-23-41(43)42-24-22-36(30-44(42)47)46-39-19-11-7-15-33(39)28-34-16-8-12-20-40(34)46/h5-24,27-30H,3-4,25-26H2,1-2H3. The molecule has 1 aliphatic carbocycles. The van der Waals surface area contributed by atoms with Crippen molar-refractivity contribution in [2.24, 2.45) is 0 Å². The van der Waals surface area contributed by atoms with Crippen molar-refractivity contribution in [3.8, 4) is 33.4 Å². The van der Waals surface area contributed by atoms with Gasteiger partial charge in [0, 0.05) is 5.41 Å². The second-order valence-corrected chi connectivity index (χ2v) is 13.5. The lowest BCUT2D eigenvalue weighted by atomic mass is 9.70. The number of hydrogen-bond donors (Lipinski definition) is 0. The maximum atomic E-state index is 2.57. The second-order valence-electron chi connectivity index (χ2n) is 13.5. The van der Waals surface area contributed by atoms with Gasteiger partial charge in [0.25, 0.3) is 0 Å². The van der Waals surface area contributed by atoms with Crippen LogP contribution in [0.15, 0.2) is 146 Å². The zero-order valence-electron chi connectivity index (χ0n) is 27.2. The third kappa shape index (κ3) is 4.21. The Labute approximate surface area is 277 Å². The number of hydrogen-bond acceptors (Lipinski definition) is 0. The third-order valence-corrected chi connectivity index (χ3v) is 10.8. The molecule has 0 saturated carbocycles. The fourth-order valence-electron chi connectivity index (χ4n) is 8.97. The van der Waals surface area contributed by atoms with E-state index in [1.54, 1.807) is 0 Å². The van der Waals surface area contributed by atoms with Crippen LogP contribution in [0.5, 0.6) is 0 Å². The molecule has 0 fully saturated rings. The molecule has 0 saturated heterocycles. The molecule has 0 heteroatoms. The fraction of sp³-hybridized carbons (Fsp3) is 0.149. The van der Waals surface area contributed by atoms with E-state index in [1.165, 1.54) is 87.6 Å². The van der Waals surface area contributed by atoms with E-state index in [-0.39, 0.29) is 5.41 Å². The molecule has 8 aromatic carbocycles. The van der Waals surface area contributed by atoms with E-state index in [4.69, 9.17) is 0 Å². The highest BCUT2D eigenvalue weighted by Gasteiger charge is 2.42. The van der Waals surface area contributed by atoms with Gasteiger partial charge in [-0.3, -0.25) is 0 Å². The van der Waals surface area contributed by atoms with E-state index in [1.807, 2.05) is 0 Å². The molecule has 8 aromatic rings. The van der Waals surface area contributed by atoms with E-state index in [9.17, 15) is 0 Å². The molecule has 0 heterocycles. The van der Waals surface area contributed by atoms with Crippen molar-refractivity contribution in [2.75, 3.05) is 0 Å². The number of benzene rings is 8. The van der Waals surface area contributed by atoms with E-state index in [0.29, 0.717) is 0 Å². The summed E-state index contributed by atoms with van der Waals surface area (Å²) in [7, 11) is 0. The van der Waals surface area contributed by atoms with Crippen LogP contribution in [0.25, 0.3) is 76.5 Å². The van der Waals surface area contributed by atoms with Crippen LogP contribution in [-0.4, -0.2) is 0 Å². The molecule has 0 radical (unpaired) electrons. The van der Waals surface area contributed by atoms with Crippen LogP contribution in [0.3, 0.4) is 0 Å². The van der Waals surface area contributed by atoms with E-state index < -0.39 is 0 Å². The summed E-state index contributed by atoms with van der Waals surface area (Å²) in [5.74, 6) is 0. The monoisotopic (exact) mass is 602 g/mol. The fourth-order valence-corrected chi connectivity index (χ4v) is 8.97. The van der Waals surface area contributed by atoms with Gasteiger partial charge in [0.1, 0.15) is 0 Å². The van der Waals surface area contributed by atoms with Crippen LogP contribution >= 0.6 is 0 Å². The number of rotatable bonds is 6. The first-order chi connectivity index (χ1) is 23.2. The Kier molecular flexibility index (Phi) is 6.54. The van der Waals surface area contributed by atoms with Gasteiger partial charge in [-0.2, -0.15) is 0 Å². The summed E-state index contributed by atoms with van der Waals surface area (Å²) in [6, 6.07) is 55.0. The second kappa shape index (κ2) is 11.0. The molecule has 0 spiro atoms. The van der Waals surface area contributed by atoms with Crippen LogP contribution in [0.2, 0.25) is 0 Å². The molecule has 0 bridgehead atoms. The van der Waals surface area contributed by atoms with Crippen LogP contribution in [0.1, 0.15) is 50.7 Å². The predicted octanol–water partition coefficient (Wildman–Crippen LogP) is 13.5. The molecule has 0 aliphatic heterocycles. The minimum absolute atomic E-state index is 0.0268. The van der Waals surface area contributed by atoms with Crippen LogP contribution in [0.4, 0.5) is 0 Å². The molecular formula is C47H38. The van der Waals surface area contributed by atoms with E-state index >= 15 is 0 Å². The Morgan fingerprint density at radius 2 is 0.723 bits per heavy atom. The lowest BCUT2D eigenvalue weighted by Gasteiger charge is -2.32. The SMILES string of the molecule is CCCC1(CCC)c2cc(-c3c4ccccc4cc4ccccc34)ccc2-c2ccc(-c3c4ccccc4cc4ccccc34)cc21. The van der Waals surface area contributed by atoms with Gasteiger partial charge in [0.05, 0.1) is 0 Å². The topological polar surface area (TPSA) is 0 Å². The summed E-state index contributed by atoms with van der Waals surface area (Å²) in [6.07, 6.45) is 4.56. The van der Waals surface area contributed by atoms with Gasteiger partial charge in [0.15, 0.2) is 0 Å². The van der Waals surface area contributed by atoms with Crippen molar-refractivity contribution in [2.45, 2.75) is 44.9 Å². The van der Waals surface area contributed by atoms with E-state index in [0.717, 1.165) is 25.7 Å². The Bertz CT molecular complexity index is 2210. The quantitative estimate of drug-likeness (QED) is 0.166. The largest absolute Gasteiger partial charge is 0.0653 e. The van der Waals surface area contributed by atoms with Crippen molar-refractivity contribution in [3.63, 3.8) is 0 Å². The first-order valence-corrected chi connectivity index (χ1v) is 17.3. The molecule has 1 aliphatic rings. The van der Waals surface area contributed by atoms with Gasteiger partial charge < -0.3 is 0 Å². The predicted molar refractivity (Wildman–Crippen MR) is 203 cm³/mol.